The molecule has 8 heteroatoms. The van der Waals surface area contributed by atoms with Crippen LogP contribution in [0.5, 0.6) is 11.5 Å². The van der Waals surface area contributed by atoms with Crippen molar-refractivity contribution in [2.45, 2.75) is 13.0 Å². The monoisotopic (exact) mass is 419 g/mol. The van der Waals surface area contributed by atoms with Gasteiger partial charge in [0.05, 0.1) is 16.1 Å². The Morgan fingerprint density at radius 3 is 2.74 bits per heavy atom. The first-order chi connectivity index (χ1) is 15.0. The third-order valence-electron chi connectivity index (χ3n) is 5.95. The highest BCUT2D eigenvalue weighted by molar-refractivity contribution is 6.14. The van der Waals surface area contributed by atoms with Crippen LogP contribution in [-0.4, -0.2) is 46.9 Å². The van der Waals surface area contributed by atoms with Gasteiger partial charge < -0.3 is 15.2 Å². The minimum absolute atomic E-state index is 0.0506. The van der Waals surface area contributed by atoms with E-state index in [2.05, 4.69) is 10.2 Å². The zero-order valence-electron chi connectivity index (χ0n) is 16.8. The summed E-state index contributed by atoms with van der Waals surface area (Å²) < 4.78 is 5.97. The fourth-order valence-electron chi connectivity index (χ4n) is 4.29. The molecule has 0 unspecified atom stereocenters. The van der Waals surface area contributed by atoms with Gasteiger partial charge in [-0.3, -0.25) is 19.8 Å². The van der Waals surface area contributed by atoms with Gasteiger partial charge in [0.15, 0.2) is 5.76 Å². The van der Waals surface area contributed by atoms with Gasteiger partial charge in [-0.1, -0.05) is 6.08 Å². The number of fused-ring (bicyclic) bond motifs is 2. The van der Waals surface area contributed by atoms with Crippen LogP contribution in [0.25, 0.3) is 5.57 Å². The number of phenols is 1. The molecule has 3 aliphatic rings. The van der Waals surface area contributed by atoms with Gasteiger partial charge >= 0.3 is 0 Å². The predicted molar refractivity (Wildman–Crippen MR) is 114 cm³/mol. The van der Waals surface area contributed by atoms with Crippen LogP contribution in [0.2, 0.25) is 0 Å². The molecule has 1 aliphatic carbocycles. The molecule has 31 heavy (non-hydrogen) atoms. The predicted octanol–water partition coefficient (Wildman–Crippen LogP) is 2.80. The molecule has 2 heterocycles. The summed E-state index contributed by atoms with van der Waals surface area (Å²) >= 11 is 0. The van der Waals surface area contributed by atoms with Crippen LogP contribution >= 0.6 is 0 Å². The number of ketones is 1. The Morgan fingerprint density at radius 1 is 1.19 bits per heavy atom. The van der Waals surface area contributed by atoms with Gasteiger partial charge in [0.2, 0.25) is 5.78 Å². The maximum atomic E-state index is 13.0. The van der Waals surface area contributed by atoms with E-state index in [1.54, 1.807) is 30.3 Å². The number of benzene rings is 2. The highest BCUT2D eigenvalue weighted by atomic mass is 16.6. The molecular formula is C23H21N3O5. The molecule has 2 N–H and O–H groups in total. The van der Waals surface area contributed by atoms with Gasteiger partial charge in [0, 0.05) is 44.9 Å². The molecule has 1 saturated heterocycles. The van der Waals surface area contributed by atoms with E-state index >= 15 is 0 Å². The first-order valence-electron chi connectivity index (χ1n) is 10.2. The summed E-state index contributed by atoms with van der Waals surface area (Å²) in [6.07, 6.45) is 4.18. The molecule has 0 spiro atoms. The summed E-state index contributed by atoms with van der Waals surface area (Å²) in [5.41, 5.74) is 3.61. The number of nitrogens with zero attached hydrogens (tertiary/aromatic N) is 2. The maximum absolute atomic E-state index is 13.0. The Hall–Kier alpha value is -3.49. The second-order valence-corrected chi connectivity index (χ2v) is 7.87. The topological polar surface area (TPSA) is 105 Å². The average Bonchev–Trinajstić information content (AvgIpc) is 3.32. The summed E-state index contributed by atoms with van der Waals surface area (Å²) in [6.45, 7) is 3.98. The lowest BCUT2D eigenvalue weighted by Crippen LogP contribution is -2.42. The first-order valence-corrected chi connectivity index (χ1v) is 10.2. The Bertz CT molecular complexity index is 1160. The molecule has 0 saturated carbocycles. The molecule has 0 amide bonds. The quantitative estimate of drug-likeness (QED) is 0.446. The molecular weight excluding hydrogens is 398 g/mol. The van der Waals surface area contributed by atoms with Gasteiger partial charge in [-0.25, -0.2) is 0 Å². The summed E-state index contributed by atoms with van der Waals surface area (Å²) in [6, 6.07) is 7.87. The van der Waals surface area contributed by atoms with E-state index in [1.807, 2.05) is 6.08 Å². The second-order valence-electron chi connectivity index (χ2n) is 7.87. The minimum Gasteiger partial charge on any atom is -0.507 e. The lowest BCUT2D eigenvalue weighted by atomic mass is 10.0. The maximum Gasteiger partial charge on any atom is 0.269 e. The highest BCUT2D eigenvalue weighted by Gasteiger charge is 2.32. The Balaban J connectivity index is 1.44. The number of hydrogen-bond donors (Lipinski definition) is 2. The van der Waals surface area contributed by atoms with E-state index in [-0.39, 0.29) is 23.0 Å². The molecule has 158 valence electrons. The van der Waals surface area contributed by atoms with Crippen LogP contribution in [-0.2, 0) is 13.0 Å². The lowest BCUT2D eigenvalue weighted by Gasteiger charge is -2.27. The van der Waals surface area contributed by atoms with Crippen molar-refractivity contribution in [3.63, 3.8) is 0 Å². The number of rotatable bonds is 4. The molecule has 0 radical (unpaired) electrons. The zero-order chi connectivity index (χ0) is 21.5. The van der Waals surface area contributed by atoms with Gasteiger partial charge in [-0.15, -0.1) is 0 Å². The van der Waals surface area contributed by atoms with E-state index in [1.165, 1.54) is 6.07 Å². The molecule has 2 aromatic carbocycles. The van der Waals surface area contributed by atoms with Gasteiger partial charge in [0.25, 0.3) is 5.69 Å². The molecule has 0 aromatic heterocycles. The minimum atomic E-state index is -0.413. The van der Waals surface area contributed by atoms with Crippen molar-refractivity contribution in [2.75, 3.05) is 26.2 Å². The number of carbonyl (C=O) groups excluding carboxylic acids is 1. The zero-order valence-corrected chi connectivity index (χ0v) is 16.8. The number of piperazine rings is 1. The average molecular weight is 419 g/mol. The molecule has 0 atom stereocenters. The van der Waals surface area contributed by atoms with Crippen molar-refractivity contribution < 1.29 is 19.6 Å². The van der Waals surface area contributed by atoms with Gasteiger partial charge in [0.1, 0.15) is 11.5 Å². The second kappa shape index (κ2) is 7.64. The fourth-order valence-corrected chi connectivity index (χ4v) is 4.29. The van der Waals surface area contributed by atoms with Crippen LogP contribution in [0.15, 0.2) is 48.2 Å². The van der Waals surface area contributed by atoms with Crippen molar-refractivity contribution in [3.8, 4) is 11.5 Å². The molecule has 8 nitrogen and oxygen atoms in total. The smallest absolute Gasteiger partial charge is 0.269 e. The van der Waals surface area contributed by atoms with Crippen molar-refractivity contribution in [1.82, 2.24) is 10.2 Å². The molecule has 2 aliphatic heterocycles. The number of nitro groups is 1. The SMILES string of the molecule is O=C1/C(=C/C2=CCc3cc([N+](=O)[O-])ccc32)Oc2c1ccc(O)c2CN1CCNCC1. The number of Topliss-reactive ketones (excluding diaryl/α,β-unsaturated/α-hetero) is 1. The molecule has 1 fully saturated rings. The van der Waals surface area contributed by atoms with Crippen LogP contribution in [0, 0.1) is 10.1 Å². The van der Waals surface area contributed by atoms with Crippen molar-refractivity contribution in [1.29, 1.82) is 0 Å². The highest BCUT2D eigenvalue weighted by Crippen LogP contribution is 2.41. The van der Waals surface area contributed by atoms with Crippen molar-refractivity contribution in [3.05, 3.63) is 80.6 Å². The number of phenolic OH excluding ortho intramolecular Hbond substituents is 1. The third-order valence-corrected chi connectivity index (χ3v) is 5.95. The number of carbonyl (C=O) groups is 1. The number of non-ortho nitro benzene ring substituents is 1. The van der Waals surface area contributed by atoms with Crippen molar-refractivity contribution in [2.24, 2.45) is 0 Å². The molecule has 5 rings (SSSR count). The van der Waals surface area contributed by atoms with E-state index in [0.717, 1.165) is 42.9 Å². The van der Waals surface area contributed by atoms with E-state index < -0.39 is 4.92 Å². The number of nitrogens with one attached hydrogen (secondary N) is 1. The standard InChI is InChI=1S/C23H21N3O5/c27-20-6-5-18-22(28)21(31-23(18)19(20)13-25-9-7-24-8-10-25)12-15-2-1-14-11-16(26(29)30)3-4-17(14)15/h2-6,11-12,24,27H,1,7-10,13H2/b21-12-. The number of aromatic hydroxyl groups is 1. The number of nitro benzene ring substituents is 1. The summed E-state index contributed by atoms with van der Waals surface area (Å²) in [4.78, 5) is 25.8. The van der Waals surface area contributed by atoms with Gasteiger partial charge in [-0.2, -0.15) is 0 Å². The number of ether oxygens (including phenoxy) is 1. The lowest BCUT2D eigenvalue weighted by molar-refractivity contribution is -0.384. The van der Waals surface area contributed by atoms with Crippen LogP contribution in [0.4, 0.5) is 5.69 Å². The molecule has 2 aromatic rings. The number of allylic oxidation sites excluding steroid dienone is 4. The Labute approximate surface area is 178 Å². The third kappa shape index (κ3) is 3.49. The summed E-state index contributed by atoms with van der Waals surface area (Å²) in [5, 5.41) is 24.8. The normalized spacial score (nSPS) is 19.2. The first kappa shape index (κ1) is 19.5. The van der Waals surface area contributed by atoms with Crippen LogP contribution in [0.3, 0.4) is 0 Å². The Morgan fingerprint density at radius 2 is 1.97 bits per heavy atom. The van der Waals surface area contributed by atoms with E-state index in [0.29, 0.717) is 29.8 Å². The van der Waals surface area contributed by atoms with Gasteiger partial charge in [-0.05, 0) is 47.4 Å². The van der Waals surface area contributed by atoms with Crippen LogP contribution < -0.4 is 10.1 Å². The van der Waals surface area contributed by atoms with Crippen LogP contribution in [0.1, 0.15) is 27.0 Å². The largest absolute Gasteiger partial charge is 0.507 e. The summed E-state index contributed by atoms with van der Waals surface area (Å²) in [5.74, 6) is 0.494. The number of hydrogen-bond acceptors (Lipinski definition) is 7. The molecule has 0 bridgehead atoms. The summed E-state index contributed by atoms with van der Waals surface area (Å²) in [7, 11) is 0. The fraction of sp³-hybridized carbons (Fsp3) is 0.261. The Kier molecular flexibility index (Phi) is 4.80. The van der Waals surface area contributed by atoms with E-state index in [4.69, 9.17) is 4.74 Å². The van der Waals surface area contributed by atoms with Crippen molar-refractivity contribution >= 4 is 17.0 Å². The van der Waals surface area contributed by atoms with E-state index in [9.17, 15) is 20.0 Å².